The van der Waals surface area contributed by atoms with Gasteiger partial charge < -0.3 is 5.11 Å². The van der Waals surface area contributed by atoms with E-state index in [-0.39, 0.29) is 28.5 Å². The molecule has 1 aromatic rings. The monoisotopic (exact) mass is 309 g/mol. The van der Waals surface area contributed by atoms with E-state index in [0.717, 1.165) is 0 Å². The highest BCUT2D eigenvalue weighted by Gasteiger charge is 2.33. The molecule has 2 heterocycles. The second-order valence-corrected chi connectivity index (χ2v) is 8.37. The first kappa shape index (κ1) is 14.4. The van der Waals surface area contributed by atoms with Gasteiger partial charge in [0.2, 0.25) is 0 Å². The Hall–Kier alpha value is -0.970. The minimum atomic E-state index is -3.93. The van der Waals surface area contributed by atoms with Crippen molar-refractivity contribution in [2.45, 2.75) is 31.0 Å². The predicted molar refractivity (Wildman–Crippen MR) is 66.6 cm³/mol. The van der Waals surface area contributed by atoms with E-state index in [9.17, 15) is 16.8 Å². The smallest absolute Gasteiger partial charge is 0.260 e. The molecule has 1 aliphatic heterocycles. The molecule has 1 aliphatic rings. The summed E-state index contributed by atoms with van der Waals surface area (Å²) in [6, 6.07) is -0.640. The summed E-state index contributed by atoms with van der Waals surface area (Å²) in [5, 5.41) is 15.0. The summed E-state index contributed by atoms with van der Waals surface area (Å²) in [7, 11) is -7.10. The summed E-state index contributed by atoms with van der Waals surface area (Å²) in [4.78, 5) is 0. The molecule has 1 saturated heterocycles. The van der Waals surface area contributed by atoms with E-state index >= 15 is 0 Å². The Morgan fingerprint density at radius 1 is 1.53 bits per heavy atom. The van der Waals surface area contributed by atoms with E-state index in [4.69, 9.17) is 5.11 Å². The van der Waals surface area contributed by atoms with Gasteiger partial charge in [-0.1, -0.05) is 0 Å². The van der Waals surface area contributed by atoms with Crippen LogP contribution in [0.1, 0.15) is 17.7 Å². The van der Waals surface area contributed by atoms with E-state index in [1.807, 2.05) is 0 Å². The molecule has 0 spiro atoms. The quantitative estimate of drug-likeness (QED) is 0.632. The van der Waals surface area contributed by atoms with Crippen molar-refractivity contribution >= 4 is 19.9 Å². The van der Waals surface area contributed by atoms with Crippen molar-refractivity contribution in [3.8, 4) is 0 Å². The molecule has 8 nitrogen and oxygen atoms in total. The molecule has 0 saturated carbocycles. The van der Waals surface area contributed by atoms with Crippen molar-refractivity contribution < 1.29 is 21.9 Å². The zero-order chi connectivity index (χ0) is 14.3. The standard InChI is InChI=1S/C9H15N3O5S2/c1-6-8(4-13)9(11-10-6)19(16,17)12-7-2-3-18(14,15)5-7/h7,12-13H,2-5H2,1H3,(H,10,11). The summed E-state index contributed by atoms with van der Waals surface area (Å²) in [5.74, 6) is -0.225. The van der Waals surface area contributed by atoms with Crippen LogP contribution in [0, 0.1) is 6.92 Å². The number of hydrogen-bond acceptors (Lipinski definition) is 6. The molecule has 1 unspecified atom stereocenters. The maximum absolute atomic E-state index is 12.1. The van der Waals surface area contributed by atoms with E-state index in [2.05, 4.69) is 14.9 Å². The minimum absolute atomic E-state index is 0.0212. The number of nitrogens with zero attached hydrogens (tertiary/aromatic N) is 1. The first-order valence-corrected chi connectivity index (χ1v) is 8.93. The van der Waals surface area contributed by atoms with Crippen LogP contribution < -0.4 is 4.72 Å². The van der Waals surface area contributed by atoms with Crippen LogP contribution in [-0.2, 0) is 26.5 Å². The topological polar surface area (TPSA) is 129 Å². The third kappa shape index (κ3) is 2.96. The number of aromatic amines is 1. The second kappa shape index (κ2) is 4.85. The third-order valence-electron chi connectivity index (χ3n) is 3.00. The fourth-order valence-electron chi connectivity index (χ4n) is 2.00. The lowest BCUT2D eigenvalue weighted by atomic mass is 10.3. The van der Waals surface area contributed by atoms with E-state index in [1.165, 1.54) is 0 Å². The number of aryl methyl sites for hydroxylation is 1. The highest BCUT2D eigenvalue weighted by atomic mass is 32.2. The molecular weight excluding hydrogens is 294 g/mol. The third-order valence-corrected chi connectivity index (χ3v) is 6.26. The molecule has 0 amide bonds. The van der Waals surface area contributed by atoms with E-state index in [1.54, 1.807) is 6.92 Å². The van der Waals surface area contributed by atoms with Gasteiger partial charge in [-0.05, 0) is 13.3 Å². The molecule has 10 heteroatoms. The number of sulfone groups is 1. The van der Waals surface area contributed by atoms with Gasteiger partial charge in [-0.25, -0.2) is 21.6 Å². The van der Waals surface area contributed by atoms with Crippen molar-refractivity contribution in [2.24, 2.45) is 0 Å². The first-order chi connectivity index (χ1) is 8.75. The Labute approximate surface area is 111 Å². The Morgan fingerprint density at radius 2 is 2.21 bits per heavy atom. The Kier molecular flexibility index (Phi) is 3.69. The number of aromatic nitrogens is 2. The molecule has 19 heavy (non-hydrogen) atoms. The highest BCUT2D eigenvalue weighted by molar-refractivity contribution is 7.92. The number of aliphatic hydroxyl groups is 1. The predicted octanol–water partition coefficient (Wildman–Crippen LogP) is -1.32. The summed E-state index contributed by atoms with van der Waals surface area (Å²) in [5.41, 5.74) is 0.648. The number of nitrogens with one attached hydrogen (secondary N) is 2. The summed E-state index contributed by atoms with van der Waals surface area (Å²) >= 11 is 0. The molecule has 3 N–H and O–H groups in total. The molecule has 108 valence electrons. The van der Waals surface area contributed by atoms with E-state index < -0.39 is 32.5 Å². The molecule has 0 aromatic carbocycles. The molecule has 1 aromatic heterocycles. The van der Waals surface area contributed by atoms with Crippen LogP contribution in [0.5, 0.6) is 0 Å². The molecule has 1 fully saturated rings. The van der Waals surface area contributed by atoms with Gasteiger partial charge >= 0.3 is 0 Å². The Balaban J connectivity index is 2.24. The van der Waals surface area contributed by atoms with Gasteiger partial charge in [-0.15, -0.1) is 0 Å². The highest BCUT2D eigenvalue weighted by Crippen LogP contribution is 2.19. The Bertz CT molecular complexity index is 677. The SMILES string of the molecule is Cc1[nH]nc(S(=O)(=O)NC2CCS(=O)(=O)C2)c1CO. The van der Waals surface area contributed by atoms with Crippen LogP contribution in [0.3, 0.4) is 0 Å². The largest absolute Gasteiger partial charge is 0.392 e. The lowest BCUT2D eigenvalue weighted by Crippen LogP contribution is -2.36. The number of aliphatic hydroxyl groups excluding tert-OH is 1. The van der Waals surface area contributed by atoms with Crippen LogP contribution in [0.15, 0.2) is 5.03 Å². The van der Waals surface area contributed by atoms with Gasteiger partial charge in [0.25, 0.3) is 10.0 Å². The molecule has 0 aliphatic carbocycles. The van der Waals surface area contributed by atoms with Crippen molar-refractivity contribution in [1.29, 1.82) is 0 Å². The number of rotatable bonds is 4. The number of H-pyrrole nitrogens is 1. The average molecular weight is 309 g/mol. The summed E-state index contributed by atoms with van der Waals surface area (Å²) < 4.78 is 49.1. The summed E-state index contributed by atoms with van der Waals surface area (Å²) in [6.07, 6.45) is 0.249. The van der Waals surface area contributed by atoms with Gasteiger partial charge in [-0.3, -0.25) is 5.10 Å². The maximum Gasteiger partial charge on any atom is 0.260 e. The van der Waals surface area contributed by atoms with Gasteiger partial charge in [0, 0.05) is 17.3 Å². The van der Waals surface area contributed by atoms with Crippen molar-refractivity contribution in [3.05, 3.63) is 11.3 Å². The molecule has 2 rings (SSSR count). The van der Waals surface area contributed by atoms with Gasteiger partial charge in [0.05, 0.1) is 18.1 Å². The first-order valence-electron chi connectivity index (χ1n) is 5.62. The Morgan fingerprint density at radius 3 is 2.74 bits per heavy atom. The van der Waals surface area contributed by atoms with Crippen molar-refractivity contribution in [3.63, 3.8) is 0 Å². The van der Waals surface area contributed by atoms with E-state index in [0.29, 0.717) is 5.69 Å². The summed E-state index contributed by atoms with van der Waals surface area (Å²) in [6.45, 7) is 1.14. The van der Waals surface area contributed by atoms with Crippen LogP contribution in [0.25, 0.3) is 0 Å². The van der Waals surface area contributed by atoms with Gasteiger partial charge in [0.1, 0.15) is 0 Å². The lowest BCUT2D eigenvalue weighted by Gasteiger charge is -2.10. The molecule has 0 bridgehead atoms. The fraction of sp³-hybridized carbons (Fsp3) is 0.667. The minimum Gasteiger partial charge on any atom is -0.392 e. The molecular formula is C9H15N3O5S2. The van der Waals surface area contributed by atoms with Crippen LogP contribution in [0.4, 0.5) is 0 Å². The zero-order valence-electron chi connectivity index (χ0n) is 10.2. The van der Waals surface area contributed by atoms with Gasteiger partial charge in [0.15, 0.2) is 14.9 Å². The average Bonchev–Trinajstić information content (AvgIpc) is 2.81. The van der Waals surface area contributed by atoms with Crippen molar-refractivity contribution in [2.75, 3.05) is 11.5 Å². The fourth-order valence-corrected chi connectivity index (χ4v) is 5.24. The second-order valence-electron chi connectivity index (χ2n) is 4.51. The lowest BCUT2D eigenvalue weighted by molar-refractivity contribution is 0.277. The molecule has 0 radical (unpaired) electrons. The van der Waals surface area contributed by atoms with Crippen LogP contribution >= 0.6 is 0 Å². The van der Waals surface area contributed by atoms with Crippen molar-refractivity contribution in [1.82, 2.24) is 14.9 Å². The number of hydrogen-bond donors (Lipinski definition) is 3. The maximum atomic E-state index is 12.1. The van der Waals surface area contributed by atoms with Gasteiger partial charge in [-0.2, -0.15) is 5.10 Å². The van der Waals surface area contributed by atoms with Crippen LogP contribution in [-0.4, -0.2) is 49.7 Å². The number of sulfonamides is 1. The molecule has 1 atom stereocenters. The van der Waals surface area contributed by atoms with Crippen LogP contribution in [0.2, 0.25) is 0 Å². The zero-order valence-corrected chi connectivity index (χ0v) is 11.9. The normalized spacial score (nSPS) is 22.7.